The first-order chi connectivity index (χ1) is 34.6. The van der Waals surface area contributed by atoms with Crippen LogP contribution in [0.1, 0.15) is 88.2 Å². The molecule has 2 aromatic heterocycles. The van der Waals surface area contributed by atoms with E-state index in [1.54, 1.807) is 45.0 Å². The summed E-state index contributed by atoms with van der Waals surface area (Å²) >= 11 is 4.11. The summed E-state index contributed by atoms with van der Waals surface area (Å²) in [6.07, 6.45) is 4.91. The molecular formula is C43H54N12O17S. The van der Waals surface area contributed by atoms with Crippen LogP contribution in [0.4, 0.5) is 11.6 Å². The van der Waals surface area contributed by atoms with Crippen molar-refractivity contribution in [1.82, 2.24) is 35.9 Å². The van der Waals surface area contributed by atoms with Crippen molar-refractivity contribution in [2.24, 2.45) is 28.3 Å². The van der Waals surface area contributed by atoms with Gasteiger partial charge in [-0.3, -0.25) is 43.5 Å². The average Bonchev–Trinajstić information content (AvgIpc) is 3.33. The van der Waals surface area contributed by atoms with E-state index in [0.29, 0.717) is 48.4 Å². The minimum absolute atomic E-state index is 0.0522. The number of thiol groups is 1. The summed E-state index contributed by atoms with van der Waals surface area (Å²) in [5, 5.41) is 11.2. The van der Waals surface area contributed by atoms with E-state index in [4.69, 9.17) is 65.1 Å². The number of aliphatic imine (C=N–C) groups is 1. The Morgan fingerprint density at radius 1 is 0.740 bits per heavy atom. The fourth-order valence-electron chi connectivity index (χ4n) is 5.67. The van der Waals surface area contributed by atoms with Gasteiger partial charge in [0.1, 0.15) is 0 Å². The zero-order chi connectivity index (χ0) is 56.3. The molecule has 0 saturated carbocycles. The summed E-state index contributed by atoms with van der Waals surface area (Å²) < 4.78 is 0. The Balaban J connectivity index is -0.00000290. The Morgan fingerprint density at radius 3 is 1.85 bits per heavy atom. The maximum absolute atomic E-state index is 13.3. The van der Waals surface area contributed by atoms with Crippen LogP contribution in [0, 0.1) is 11.8 Å². The highest BCUT2D eigenvalue weighted by atomic mass is 32.1. The molecule has 3 amide bonds. The number of hydrogen-bond acceptors (Lipinski definition) is 24. The quantitative estimate of drug-likeness (QED) is 0.0192. The Labute approximate surface area is 419 Å². The smallest absolute Gasteiger partial charge is 0.373 e. The lowest BCUT2D eigenvalue weighted by Gasteiger charge is -2.22. The first kappa shape index (κ1) is 68.2. The van der Waals surface area contributed by atoms with Crippen LogP contribution in [-0.2, 0) is 78.5 Å². The van der Waals surface area contributed by atoms with Crippen LogP contribution in [0.25, 0.3) is 11.2 Å². The van der Waals surface area contributed by atoms with Gasteiger partial charge in [-0.2, -0.15) is 65.6 Å². The Hall–Kier alpha value is -9.02. The van der Waals surface area contributed by atoms with E-state index < -0.39 is 41.3 Å². The molecule has 0 bridgehead atoms. The largest absolute Gasteiger partial charge is 0.379 e. The summed E-state index contributed by atoms with van der Waals surface area (Å²) in [5.41, 5.74) is 17.6. The SMILES string of the molecule is C[C@@H](CC(=O)[C@@H](CCCN=C(N)N)NC(=O)[C@@H](C)CCCC(=O)CNC(=O)c1ccc(NCc2cnc3nc(N)[nH]c(=O)c3n2)cc1)C(=O)N[C@H](C)C(=O)CCCS.O=C=O.O=C=O.O=C=O.O=C=O.O=C=O. The van der Waals surface area contributed by atoms with Gasteiger partial charge < -0.3 is 38.5 Å². The number of H-pyrrole nitrogens is 1. The van der Waals surface area contributed by atoms with E-state index in [0.717, 1.165) is 0 Å². The molecule has 3 aromatic rings. The predicted molar refractivity (Wildman–Crippen MR) is 248 cm³/mol. The molecule has 29 nitrogen and oxygen atoms in total. The van der Waals surface area contributed by atoms with E-state index in [1.807, 2.05) is 0 Å². The van der Waals surface area contributed by atoms with Crippen LogP contribution in [0.3, 0.4) is 0 Å². The summed E-state index contributed by atoms with van der Waals surface area (Å²) in [6.45, 7) is 5.16. The third-order valence-electron chi connectivity index (χ3n) is 9.12. The lowest BCUT2D eigenvalue weighted by molar-refractivity contribution is -0.193. The van der Waals surface area contributed by atoms with E-state index in [9.17, 15) is 33.6 Å². The van der Waals surface area contributed by atoms with Crippen molar-refractivity contribution >= 4 is 107 Å². The van der Waals surface area contributed by atoms with Crippen molar-refractivity contribution in [3.05, 3.63) is 52.1 Å². The highest BCUT2D eigenvalue weighted by Gasteiger charge is 2.28. The van der Waals surface area contributed by atoms with E-state index in [1.165, 1.54) is 6.20 Å². The number of carbonyl (C=O) groups is 6. The van der Waals surface area contributed by atoms with Gasteiger partial charge in [0, 0.05) is 48.9 Å². The number of aromatic amines is 1. The molecule has 0 aliphatic carbocycles. The monoisotopic (exact) mass is 1040 g/mol. The molecular weight excluding hydrogens is 989 g/mol. The lowest BCUT2D eigenvalue weighted by atomic mass is 9.95. The van der Waals surface area contributed by atoms with Crippen molar-refractivity contribution < 1.29 is 76.7 Å². The number of nitrogens with one attached hydrogen (secondary N) is 5. The Kier molecular flexibility index (Phi) is 39.2. The first-order valence-electron chi connectivity index (χ1n) is 21.1. The molecule has 73 heavy (non-hydrogen) atoms. The molecule has 0 unspecified atom stereocenters. The number of hydrogen-bond donors (Lipinski definition) is 9. The molecule has 2 heterocycles. The van der Waals surface area contributed by atoms with Gasteiger partial charge in [-0.25, -0.2) is 9.97 Å². The maximum Gasteiger partial charge on any atom is 0.373 e. The van der Waals surface area contributed by atoms with Crippen molar-refractivity contribution in [1.29, 1.82) is 0 Å². The Morgan fingerprint density at radius 2 is 1.30 bits per heavy atom. The molecule has 0 fully saturated rings. The number of ketones is 3. The molecule has 0 spiro atoms. The number of nitrogen functional groups attached to an aromatic ring is 1. The lowest BCUT2D eigenvalue weighted by Crippen LogP contribution is -2.45. The highest BCUT2D eigenvalue weighted by molar-refractivity contribution is 7.80. The minimum Gasteiger partial charge on any atom is -0.379 e. The normalized spacial score (nSPS) is 10.9. The van der Waals surface area contributed by atoms with Crippen LogP contribution < -0.4 is 44.0 Å². The van der Waals surface area contributed by atoms with E-state index in [2.05, 4.69) is 58.8 Å². The second kappa shape index (κ2) is 41.9. The van der Waals surface area contributed by atoms with Crippen molar-refractivity contribution in [2.75, 3.05) is 29.9 Å². The van der Waals surface area contributed by atoms with Gasteiger partial charge in [-0.15, -0.1) is 0 Å². The van der Waals surface area contributed by atoms with E-state index in [-0.39, 0.29) is 122 Å². The van der Waals surface area contributed by atoms with Crippen LogP contribution in [-0.4, -0.2) is 123 Å². The molecule has 30 heteroatoms. The second-order valence-corrected chi connectivity index (χ2v) is 14.9. The molecule has 0 saturated heterocycles. The fourth-order valence-corrected chi connectivity index (χ4v) is 5.83. The van der Waals surface area contributed by atoms with Crippen molar-refractivity contribution in [3.8, 4) is 0 Å². The number of amides is 3. The average molecular weight is 1040 g/mol. The molecule has 1 aromatic carbocycles. The van der Waals surface area contributed by atoms with Crippen LogP contribution >= 0.6 is 12.6 Å². The molecule has 0 aliphatic rings. The molecule has 4 atom stereocenters. The van der Waals surface area contributed by atoms with Crippen LogP contribution in [0.15, 0.2) is 40.2 Å². The highest BCUT2D eigenvalue weighted by Crippen LogP contribution is 2.15. The molecule has 394 valence electrons. The molecule has 11 N–H and O–H groups in total. The number of carbonyl (C=O) groups excluding carboxylic acids is 16. The van der Waals surface area contributed by atoms with Gasteiger partial charge in [-0.1, -0.05) is 13.8 Å². The third-order valence-corrected chi connectivity index (χ3v) is 9.44. The second-order valence-electron chi connectivity index (χ2n) is 14.5. The summed E-state index contributed by atoms with van der Waals surface area (Å²) in [5.74, 6) is -2.84. The molecule has 3 rings (SSSR count). The topological polar surface area (TPSA) is 483 Å². The summed E-state index contributed by atoms with van der Waals surface area (Å²) in [6, 6.07) is 4.95. The number of nitrogens with zero attached hydrogens (tertiary/aromatic N) is 4. The summed E-state index contributed by atoms with van der Waals surface area (Å²) in [4.78, 5) is 189. The summed E-state index contributed by atoms with van der Waals surface area (Å²) in [7, 11) is 0. The van der Waals surface area contributed by atoms with Gasteiger partial charge in [0.05, 0.1) is 37.1 Å². The van der Waals surface area contributed by atoms with Crippen molar-refractivity contribution in [3.63, 3.8) is 0 Å². The standard InChI is InChI=1S/C38H54N12O7S.5CO2/c1-21(33(54)48-28(9-5-15-42-37(39)40)30(53)17-22(2)34(55)46-23(3)29(52)10-6-16-58)7-4-8-27(51)20-45-35(56)24-11-13-25(14-12-24)43-18-26-19-44-32-31(47-26)36(57)50-38(41)49-32;5*2-1-3/h11-14,19,21-23,28,43,58H,4-10,15-18,20H2,1-3H3,(H,45,56)(H,46,55)(H,48,54)(H4,39,40,42)(H3,41,44,49,50,57);;;;;/t21-,22-,23+,28+;;;;;/m0...../s1. The molecule has 0 aliphatic heterocycles. The number of guanidine groups is 1. The zero-order valence-electron chi connectivity index (χ0n) is 39.6. The third kappa shape index (κ3) is 32.4. The van der Waals surface area contributed by atoms with Crippen LogP contribution in [0.5, 0.6) is 0 Å². The maximum atomic E-state index is 13.3. The zero-order valence-corrected chi connectivity index (χ0v) is 40.5. The van der Waals surface area contributed by atoms with Gasteiger partial charge >= 0.3 is 30.8 Å². The van der Waals surface area contributed by atoms with Crippen LogP contribution in [0.2, 0.25) is 0 Å². The molecule has 0 radical (unpaired) electrons. The van der Waals surface area contributed by atoms with Gasteiger partial charge in [0.25, 0.3) is 11.5 Å². The number of benzene rings is 1. The van der Waals surface area contributed by atoms with Crippen molar-refractivity contribution in [2.45, 2.75) is 90.8 Å². The number of Topliss-reactive ketones (excluding diaryl/α,β-unsaturated/α-hetero) is 3. The number of anilines is 2. The van der Waals surface area contributed by atoms with Gasteiger partial charge in [0.15, 0.2) is 34.5 Å². The number of fused-ring (bicyclic) bond motifs is 1. The van der Waals surface area contributed by atoms with Gasteiger partial charge in [-0.05, 0) is 69.0 Å². The Bertz CT molecular complexity index is 2440. The minimum atomic E-state index is -0.903. The number of aromatic nitrogens is 4. The van der Waals surface area contributed by atoms with Gasteiger partial charge in [0.2, 0.25) is 17.8 Å². The number of nitrogens with two attached hydrogens (primary N) is 3. The number of rotatable bonds is 25. The first-order valence-corrected chi connectivity index (χ1v) is 21.7. The van der Waals surface area contributed by atoms with E-state index >= 15 is 0 Å². The fraction of sp³-hybridized carbons (Fsp3) is 0.442. The predicted octanol–water partition coefficient (Wildman–Crippen LogP) is -1.99.